The van der Waals surface area contributed by atoms with E-state index in [1.54, 1.807) is 6.92 Å². The van der Waals surface area contributed by atoms with Gasteiger partial charge in [0.25, 0.3) is 0 Å². The number of aliphatic hydroxyl groups is 1. The minimum Gasteiger partial charge on any atom is -0.502 e. The lowest BCUT2D eigenvalue weighted by Gasteiger charge is -2.48. The third-order valence-electron chi connectivity index (χ3n) is 8.31. The second-order valence-electron chi connectivity index (χ2n) is 10.1. The molecule has 3 aliphatic rings. The Morgan fingerprint density at radius 1 is 1.15 bits per heavy atom. The summed E-state index contributed by atoms with van der Waals surface area (Å²) in [5, 5.41) is 10.5. The van der Waals surface area contributed by atoms with Crippen LogP contribution in [0.25, 0.3) is 0 Å². The number of rotatable bonds is 5. The number of carbonyl (C=O) groups is 2. The van der Waals surface area contributed by atoms with E-state index in [0.717, 1.165) is 37.0 Å². The summed E-state index contributed by atoms with van der Waals surface area (Å²) in [6, 6.07) is 16.6. The van der Waals surface area contributed by atoms with Crippen molar-refractivity contribution in [1.29, 1.82) is 0 Å². The van der Waals surface area contributed by atoms with Crippen molar-refractivity contribution >= 4 is 11.8 Å². The van der Waals surface area contributed by atoms with Gasteiger partial charge >= 0.3 is 5.97 Å². The molecule has 0 amide bonds. The summed E-state index contributed by atoms with van der Waals surface area (Å²) < 4.78 is 11.0. The van der Waals surface area contributed by atoms with Crippen molar-refractivity contribution in [2.24, 2.45) is 17.3 Å². The van der Waals surface area contributed by atoms with Gasteiger partial charge in [0.2, 0.25) is 5.76 Å². The van der Waals surface area contributed by atoms with E-state index >= 15 is 0 Å². The maximum absolute atomic E-state index is 13.3. The van der Waals surface area contributed by atoms with Gasteiger partial charge in [-0.05, 0) is 85.6 Å². The first-order valence-corrected chi connectivity index (χ1v) is 12.4. The summed E-state index contributed by atoms with van der Waals surface area (Å²) in [4.78, 5) is 25.4. The molecule has 5 nitrogen and oxygen atoms in total. The van der Waals surface area contributed by atoms with Crippen LogP contribution < -0.4 is 4.74 Å². The van der Waals surface area contributed by atoms with Crippen LogP contribution in [-0.4, -0.2) is 23.5 Å². The predicted octanol–water partition coefficient (Wildman–Crippen LogP) is 5.68. The van der Waals surface area contributed by atoms with E-state index < -0.39 is 17.1 Å². The number of aliphatic hydroxyl groups excluding tert-OH is 1. The second kappa shape index (κ2) is 8.94. The summed E-state index contributed by atoms with van der Waals surface area (Å²) >= 11 is 0. The highest BCUT2D eigenvalue weighted by molar-refractivity contribution is 6.07. The summed E-state index contributed by atoms with van der Waals surface area (Å²) in [5.74, 6) is 0.421. The largest absolute Gasteiger partial charge is 0.502 e. The van der Waals surface area contributed by atoms with Crippen LogP contribution >= 0.6 is 0 Å². The number of carbonyl (C=O) groups excluding carboxylic acids is 2. The molecule has 1 N–H and O–H groups in total. The maximum atomic E-state index is 13.3. The minimum atomic E-state index is -0.790. The lowest BCUT2D eigenvalue weighted by atomic mass is 9.55. The molecular formula is C29H32O5. The SMILES string of the molecule is CCOC(=O)/C(O)=C1\C[C@H]2[C@@H]3CCc4cc(OCc5ccccc5)ccc4[C@H]3CC[C@]2(C)C1=O. The van der Waals surface area contributed by atoms with Crippen LogP contribution in [0.2, 0.25) is 0 Å². The molecule has 4 atom stereocenters. The summed E-state index contributed by atoms with van der Waals surface area (Å²) in [6.45, 7) is 4.43. The van der Waals surface area contributed by atoms with Gasteiger partial charge in [0.15, 0.2) is 5.78 Å². The van der Waals surface area contributed by atoms with Gasteiger partial charge in [-0.2, -0.15) is 0 Å². The molecule has 0 heterocycles. The van der Waals surface area contributed by atoms with Crippen molar-refractivity contribution in [3.8, 4) is 5.75 Å². The van der Waals surface area contributed by atoms with Gasteiger partial charge in [-0.3, -0.25) is 4.79 Å². The Balaban J connectivity index is 1.36. The number of ether oxygens (including phenoxy) is 2. The Morgan fingerprint density at radius 2 is 1.94 bits per heavy atom. The molecule has 5 rings (SSSR count). The maximum Gasteiger partial charge on any atom is 0.373 e. The molecule has 3 aliphatic carbocycles. The molecule has 0 saturated heterocycles. The van der Waals surface area contributed by atoms with Crippen LogP contribution in [0.1, 0.15) is 62.1 Å². The molecule has 0 unspecified atom stereocenters. The third-order valence-corrected chi connectivity index (χ3v) is 8.31. The molecule has 2 aromatic rings. The van der Waals surface area contributed by atoms with E-state index in [-0.39, 0.29) is 23.9 Å². The van der Waals surface area contributed by atoms with E-state index in [4.69, 9.17) is 9.47 Å². The average Bonchev–Trinajstić information content (AvgIpc) is 3.13. The van der Waals surface area contributed by atoms with Gasteiger partial charge in [0.05, 0.1) is 6.61 Å². The molecule has 0 bridgehead atoms. The van der Waals surface area contributed by atoms with Gasteiger partial charge in [0, 0.05) is 11.0 Å². The van der Waals surface area contributed by atoms with Crippen LogP contribution in [0.4, 0.5) is 0 Å². The molecule has 178 valence electrons. The summed E-state index contributed by atoms with van der Waals surface area (Å²) in [5.41, 5.74) is 3.59. The van der Waals surface area contributed by atoms with Crippen molar-refractivity contribution in [2.45, 2.75) is 58.5 Å². The first-order chi connectivity index (χ1) is 16.4. The van der Waals surface area contributed by atoms with Crippen molar-refractivity contribution in [3.05, 3.63) is 76.6 Å². The molecule has 2 fully saturated rings. The molecule has 5 heteroatoms. The van der Waals surface area contributed by atoms with Gasteiger partial charge < -0.3 is 14.6 Å². The number of hydrogen-bond acceptors (Lipinski definition) is 5. The normalized spacial score (nSPS) is 29.0. The van der Waals surface area contributed by atoms with Gasteiger partial charge in [-0.15, -0.1) is 0 Å². The number of hydrogen-bond donors (Lipinski definition) is 1. The first kappa shape index (κ1) is 22.7. The van der Waals surface area contributed by atoms with Crippen molar-refractivity contribution in [1.82, 2.24) is 0 Å². The molecule has 34 heavy (non-hydrogen) atoms. The number of allylic oxidation sites excluding steroid dienone is 1. The smallest absolute Gasteiger partial charge is 0.373 e. The van der Waals surface area contributed by atoms with E-state index in [1.165, 1.54) is 11.1 Å². The van der Waals surface area contributed by atoms with Crippen LogP contribution in [-0.2, 0) is 27.4 Å². The summed E-state index contributed by atoms with van der Waals surface area (Å²) in [6.07, 6.45) is 4.11. The highest BCUT2D eigenvalue weighted by Crippen LogP contribution is 2.61. The van der Waals surface area contributed by atoms with E-state index in [9.17, 15) is 14.7 Å². The van der Waals surface area contributed by atoms with Crippen molar-refractivity contribution in [3.63, 3.8) is 0 Å². The van der Waals surface area contributed by atoms with Crippen molar-refractivity contribution in [2.75, 3.05) is 6.61 Å². The minimum absolute atomic E-state index is 0.0723. The van der Waals surface area contributed by atoms with Gasteiger partial charge in [-0.1, -0.05) is 43.3 Å². The predicted molar refractivity (Wildman–Crippen MR) is 129 cm³/mol. The fourth-order valence-electron chi connectivity index (χ4n) is 6.55. The quantitative estimate of drug-likeness (QED) is 0.353. The third kappa shape index (κ3) is 3.81. The number of esters is 1. The molecule has 0 spiro atoms. The number of Topliss-reactive ketones (excluding diaryl/α,β-unsaturated/α-hetero) is 1. The lowest BCUT2D eigenvalue weighted by Crippen LogP contribution is -2.42. The number of ketones is 1. The standard InChI is InChI=1S/C29H32O5/c1-3-33-28(32)26(30)24-16-25-23-11-9-19-15-20(34-17-18-7-5-4-6-8-18)10-12-21(19)22(23)13-14-29(25,2)27(24)31/h4-8,10,12,15,22-23,25,30H,3,9,11,13-14,16-17H2,1-2H3/b26-24-/t22-,23-,25+,29+/m1/s1. The van der Waals surface area contributed by atoms with Crippen LogP contribution in [0.3, 0.4) is 0 Å². The highest BCUT2D eigenvalue weighted by Gasteiger charge is 2.57. The Morgan fingerprint density at radius 3 is 2.71 bits per heavy atom. The Labute approximate surface area is 200 Å². The van der Waals surface area contributed by atoms with Gasteiger partial charge in [-0.25, -0.2) is 4.79 Å². The molecule has 0 aromatic heterocycles. The zero-order chi connectivity index (χ0) is 23.9. The Hall–Kier alpha value is -3.08. The zero-order valence-electron chi connectivity index (χ0n) is 19.9. The molecule has 2 aromatic carbocycles. The Kier molecular flexibility index (Phi) is 5.97. The fraction of sp³-hybridized carbons (Fsp3) is 0.448. The zero-order valence-corrected chi connectivity index (χ0v) is 19.9. The molecule has 0 radical (unpaired) electrons. The highest BCUT2D eigenvalue weighted by atomic mass is 16.5. The first-order valence-electron chi connectivity index (χ1n) is 12.4. The van der Waals surface area contributed by atoms with Crippen LogP contribution in [0.15, 0.2) is 59.9 Å². The number of benzene rings is 2. The second-order valence-corrected chi connectivity index (χ2v) is 10.1. The average molecular weight is 461 g/mol. The van der Waals surface area contributed by atoms with Crippen LogP contribution in [0, 0.1) is 17.3 Å². The molecular weight excluding hydrogens is 428 g/mol. The van der Waals surface area contributed by atoms with Crippen molar-refractivity contribution < 1.29 is 24.2 Å². The Bertz CT molecular complexity index is 1130. The number of fused-ring (bicyclic) bond motifs is 5. The number of aryl methyl sites for hydroxylation is 1. The van der Waals surface area contributed by atoms with E-state index in [2.05, 4.69) is 30.3 Å². The molecule has 2 saturated carbocycles. The lowest BCUT2D eigenvalue weighted by molar-refractivity contribution is -0.142. The monoisotopic (exact) mass is 460 g/mol. The summed E-state index contributed by atoms with van der Waals surface area (Å²) in [7, 11) is 0. The fourth-order valence-corrected chi connectivity index (χ4v) is 6.55. The topological polar surface area (TPSA) is 72.8 Å². The van der Waals surface area contributed by atoms with E-state index in [1.807, 2.05) is 25.1 Å². The van der Waals surface area contributed by atoms with Gasteiger partial charge in [0.1, 0.15) is 12.4 Å². The van der Waals surface area contributed by atoms with Crippen LogP contribution in [0.5, 0.6) is 5.75 Å². The molecule has 0 aliphatic heterocycles. The van der Waals surface area contributed by atoms with E-state index in [0.29, 0.717) is 24.9 Å².